The van der Waals surface area contributed by atoms with E-state index in [1.165, 1.54) is 24.3 Å². The van der Waals surface area contributed by atoms with Crippen LogP contribution in [0.2, 0.25) is 0 Å². The number of guanidine groups is 1. The van der Waals surface area contributed by atoms with Crippen molar-refractivity contribution in [3.05, 3.63) is 29.8 Å². The smallest absolute Gasteiger partial charge is 0.326 e. The third kappa shape index (κ3) is 26.0. The van der Waals surface area contributed by atoms with Gasteiger partial charge in [0.15, 0.2) is 5.96 Å². The lowest BCUT2D eigenvalue weighted by molar-refractivity contribution is -0.142. The molecule has 28 nitrogen and oxygen atoms in total. The summed E-state index contributed by atoms with van der Waals surface area (Å²) < 4.78 is 0. The minimum absolute atomic E-state index is 0.0143. The van der Waals surface area contributed by atoms with Crippen molar-refractivity contribution in [2.24, 2.45) is 46.0 Å². The van der Waals surface area contributed by atoms with Crippen LogP contribution in [0, 0.1) is 29.6 Å². The maximum absolute atomic E-state index is 14.2. The van der Waals surface area contributed by atoms with E-state index in [1.54, 1.807) is 55.4 Å². The van der Waals surface area contributed by atoms with Gasteiger partial charge in [-0.1, -0.05) is 81.4 Å². The van der Waals surface area contributed by atoms with E-state index in [4.69, 9.17) is 11.5 Å². The standard InChI is InChI=1S/C55H91N13O15/c1-27(2)21-36(46(74)60-35(54(82)83)14-12-20-59-55(56)57)61-47(75)37(22-28(3)4)62-48(76)38(23-29(5)6)65-52(80)43(30(7)8)68-53(81)44(31(9)10)67-51(79)41(26-69)66-49(77)39(24-32-15-17-33(70)18-16-32)63-50(78)40(25-42(71)72)64-45(73)34-13-11-19-58-34/h15-18,27-31,34-41,43-44,58,69-70H,11-14,19-26H2,1-10H3,(H,60,74)(H,61,75)(H,62,76)(H,63,78)(H,64,73)(H,65,80)(H,66,77)(H,67,79)(H,68,81)(H,71,72)(H,82,83)(H4,56,57,59)/t34-,35-,36-,37-,38-,39-,40-,41-,43-,44-/m0/s1. The molecule has 83 heavy (non-hydrogen) atoms. The molecule has 0 radical (unpaired) electrons. The fourth-order valence-corrected chi connectivity index (χ4v) is 8.90. The van der Waals surface area contributed by atoms with E-state index < -0.39 is 150 Å². The SMILES string of the molecule is CC(C)C[C@H](NC(=O)[C@H](CC(C)C)NC(=O)[C@H](CC(C)C)NC(=O)[C@@H](NC(=O)[C@@H](NC(=O)[C@H](CO)NC(=O)[C@H](Cc1ccc(O)cc1)NC(=O)[C@H](CC(=O)O)NC(=O)[C@@H]1CCCN1)C(C)C)C(C)C)C(=O)N[C@@H](CCCN=C(N)N)C(=O)O. The average Bonchev–Trinajstić information content (AvgIpc) is 3.94. The van der Waals surface area contributed by atoms with Crippen LogP contribution in [-0.4, -0.2) is 172 Å². The van der Waals surface area contributed by atoms with Crippen LogP contribution in [0.15, 0.2) is 29.3 Å². The molecule has 18 N–H and O–H groups in total. The summed E-state index contributed by atoms with van der Waals surface area (Å²) >= 11 is 0. The summed E-state index contributed by atoms with van der Waals surface area (Å²) in [6, 6.07) is -7.82. The highest BCUT2D eigenvalue weighted by molar-refractivity contribution is 5.99. The number of phenols is 1. The Bertz CT molecular complexity index is 2390. The van der Waals surface area contributed by atoms with E-state index in [0.29, 0.717) is 24.9 Å². The third-order valence-electron chi connectivity index (χ3n) is 13.3. The summed E-state index contributed by atoms with van der Waals surface area (Å²) in [4.78, 5) is 152. The van der Waals surface area contributed by atoms with Crippen molar-refractivity contribution in [3.63, 3.8) is 0 Å². The molecule has 0 saturated carbocycles. The van der Waals surface area contributed by atoms with E-state index >= 15 is 0 Å². The predicted octanol–water partition coefficient (Wildman–Crippen LogP) is -1.89. The first-order valence-electron chi connectivity index (χ1n) is 28.2. The molecule has 0 aliphatic carbocycles. The first-order chi connectivity index (χ1) is 38.8. The average molecular weight is 1170 g/mol. The minimum atomic E-state index is -1.75. The van der Waals surface area contributed by atoms with Gasteiger partial charge in [0.05, 0.1) is 19.1 Å². The number of nitrogens with zero attached hydrogens (tertiary/aromatic N) is 1. The summed E-state index contributed by atoms with van der Waals surface area (Å²) in [5.74, 6) is -12.5. The normalized spacial score (nSPS) is 16.4. The zero-order valence-corrected chi connectivity index (χ0v) is 49.3. The fraction of sp³-hybridized carbons (Fsp3) is 0.673. The van der Waals surface area contributed by atoms with Gasteiger partial charge in [-0.15, -0.1) is 0 Å². The molecule has 1 heterocycles. The number of rotatable bonds is 36. The Balaban J connectivity index is 2.33. The van der Waals surface area contributed by atoms with Crippen LogP contribution < -0.4 is 64.6 Å². The number of aliphatic imine (C=N–C) groups is 1. The molecule has 1 aliphatic heterocycles. The number of aromatic hydroxyl groups is 1. The Hall–Kier alpha value is -7.62. The van der Waals surface area contributed by atoms with Gasteiger partial charge in [0.2, 0.25) is 53.2 Å². The number of carbonyl (C=O) groups excluding carboxylic acids is 9. The Labute approximate surface area is 484 Å². The molecule has 10 atom stereocenters. The molecule has 0 aromatic heterocycles. The Morgan fingerprint density at radius 1 is 0.554 bits per heavy atom. The predicted molar refractivity (Wildman–Crippen MR) is 305 cm³/mol. The van der Waals surface area contributed by atoms with E-state index in [1.807, 2.05) is 13.8 Å². The molecular formula is C55H91N13O15. The van der Waals surface area contributed by atoms with Crippen molar-refractivity contribution in [3.8, 4) is 5.75 Å². The van der Waals surface area contributed by atoms with Crippen LogP contribution in [0.5, 0.6) is 5.75 Å². The van der Waals surface area contributed by atoms with Gasteiger partial charge < -0.3 is 85.1 Å². The van der Waals surface area contributed by atoms with Gasteiger partial charge in [-0.25, -0.2) is 4.79 Å². The summed E-state index contributed by atoms with van der Waals surface area (Å²) in [5, 5.41) is 65.7. The Morgan fingerprint density at radius 2 is 0.964 bits per heavy atom. The lowest BCUT2D eigenvalue weighted by atomic mass is 9.97. The zero-order valence-electron chi connectivity index (χ0n) is 49.3. The second-order valence-corrected chi connectivity index (χ2v) is 22.9. The number of carboxylic acids is 2. The number of nitrogens with two attached hydrogens (primary N) is 2. The van der Waals surface area contributed by atoms with Crippen LogP contribution in [0.25, 0.3) is 0 Å². The summed E-state index contributed by atoms with van der Waals surface area (Å²) in [7, 11) is 0. The second-order valence-electron chi connectivity index (χ2n) is 22.9. The largest absolute Gasteiger partial charge is 0.508 e. The van der Waals surface area contributed by atoms with E-state index in [-0.39, 0.29) is 74.5 Å². The molecule has 9 amide bonds. The van der Waals surface area contributed by atoms with Crippen LogP contribution in [0.4, 0.5) is 0 Å². The lowest BCUT2D eigenvalue weighted by Crippen LogP contribution is -2.62. The highest BCUT2D eigenvalue weighted by Crippen LogP contribution is 2.16. The molecule has 1 saturated heterocycles. The number of nitrogens with one attached hydrogen (secondary N) is 10. The topological polar surface area (TPSA) is 453 Å². The number of phenolic OH excluding ortho intramolecular Hbond substituents is 1. The summed E-state index contributed by atoms with van der Waals surface area (Å²) in [6.07, 6.45) is 0.488. The number of benzene rings is 1. The van der Waals surface area contributed by atoms with E-state index in [2.05, 4.69) is 58.2 Å². The number of carboxylic acid groups (broad SMARTS) is 2. The number of amides is 9. The zero-order chi connectivity index (χ0) is 62.8. The molecular weight excluding hydrogens is 1080 g/mol. The molecule has 0 spiro atoms. The van der Waals surface area contributed by atoms with Gasteiger partial charge in [-0.05, 0) is 98.8 Å². The molecule has 0 unspecified atom stereocenters. The third-order valence-corrected chi connectivity index (χ3v) is 13.3. The van der Waals surface area contributed by atoms with Crippen molar-refractivity contribution in [1.29, 1.82) is 0 Å². The monoisotopic (exact) mass is 1170 g/mol. The van der Waals surface area contributed by atoms with Gasteiger partial charge in [-0.2, -0.15) is 0 Å². The summed E-state index contributed by atoms with van der Waals surface area (Å²) in [6.45, 7) is 16.9. The molecule has 466 valence electrons. The quantitative estimate of drug-likeness (QED) is 0.0198. The Morgan fingerprint density at radius 3 is 1.39 bits per heavy atom. The minimum Gasteiger partial charge on any atom is -0.508 e. The molecule has 1 fully saturated rings. The highest BCUT2D eigenvalue weighted by atomic mass is 16.4. The van der Waals surface area contributed by atoms with Crippen molar-refractivity contribution in [2.75, 3.05) is 19.7 Å². The number of carbonyl (C=O) groups is 11. The van der Waals surface area contributed by atoms with Crippen molar-refractivity contribution >= 4 is 71.1 Å². The number of aliphatic hydroxyl groups is 1. The molecule has 0 bridgehead atoms. The number of aliphatic hydroxyl groups excluding tert-OH is 1. The Kier molecular flexibility index (Phi) is 30.5. The van der Waals surface area contributed by atoms with Gasteiger partial charge in [0, 0.05) is 13.0 Å². The van der Waals surface area contributed by atoms with Crippen LogP contribution in [0.3, 0.4) is 0 Å². The van der Waals surface area contributed by atoms with E-state index in [0.717, 1.165) is 0 Å². The second kappa shape index (κ2) is 35.4. The van der Waals surface area contributed by atoms with Gasteiger partial charge in [-0.3, -0.25) is 52.9 Å². The van der Waals surface area contributed by atoms with Crippen molar-refractivity contribution in [1.82, 2.24) is 53.2 Å². The molecule has 28 heteroatoms. The van der Waals surface area contributed by atoms with Gasteiger partial charge in [0.25, 0.3) is 0 Å². The molecule has 1 aliphatic rings. The number of aliphatic carboxylic acids is 2. The van der Waals surface area contributed by atoms with E-state index in [9.17, 15) is 73.2 Å². The number of hydrogen-bond acceptors (Lipinski definition) is 15. The van der Waals surface area contributed by atoms with Crippen molar-refractivity contribution in [2.45, 2.75) is 187 Å². The van der Waals surface area contributed by atoms with Crippen molar-refractivity contribution < 1.29 is 73.2 Å². The van der Waals surface area contributed by atoms with Gasteiger partial charge in [0.1, 0.15) is 60.1 Å². The van der Waals surface area contributed by atoms with Crippen LogP contribution in [0.1, 0.15) is 126 Å². The van der Waals surface area contributed by atoms with Gasteiger partial charge >= 0.3 is 11.9 Å². The van der Waals surface area contributed by atoms with Crippen LogP contribution >= 0.6 is 0 Å². The summed E-state index contributed by atoms with van der Waals surface area (Å²) in [5.41, 5.74) is 11.1. The lowest BCUT2D eigenvalue weighted by Gasteiger charge is -2.30. The molecule has 2 rings (SSSR count). The maximum Gasteiger partial charge on any atom is 0.326 e. The first kappa shape index (κ1) is 71.5. The highest BCUT2D eigenvalue weighted by Gasteiger charge is 2.38. The molecule has 1 aromatic rings. The van der Waals surface area contributed by atoms with Crippen LogP contribution in [-0.2, 0) is 59.2 Å². The maximum atomic E-state index is 14.2. The fourth-order valence-electron chi connectivity index (χ4n) is 8.90. The first-order valence-corrected chi connectivity index (χ1v) is 28.2. The number of hydrogen-bond donors (Lipinski definition) is 16. The molecule has 1 aromatic carbocycles.